The number of nitrogens with one attached hydrogen (secondary N) is 1. The molecule has 6 nitrogen and oxygen atoms in total. The highest BCUT2D eigenvalue weighted by molar-refractivity contribution is 6.06. The molecule has 16 heavy (non-hydrogen) atoms. The number of urea groups is 1. The first-order valence-corrected chi connectivity index (χ1v) is 4.91. The fourth-order valence-corrected chi connectivity index (χ4v) is 1.52. The van der Waals surface area contributed by atoms with Gasteiger partial charge in [0.2, 0.25) is 0 Å². The normalized spacial score (nSPS) is 18.8. The van der Waals surface area contributed by atoms with Crippen LogP contribution in [0.1, 0.15) is 19.7 Å². The maximum Gasteiger partial charge on any atom is 0.325 e. The summed E-state index contributed by atoms with van der Waals surface area (Å²) in [5, 5.41) is 2.27. The largest absolute Gasteiger partial charge is 0.325 e. The van der Waals surface area contributed by atoms with Gasteiger partial charge in [0, 0.05) is 12.4 Å². The molecular formula is C10H12N4O2. The van der Waals surface area contributed by atoms with Gasteiger partial charge in [0.15, 0.2) is 0 Å². The molecule has 0 saturated carbocycles. The highest BCUT2D eigenvalue weighted by Gasteiger charge is 2.45. The topological polar surface area (TPSA) is 75.2 Å². The zero-order chi connectivity index (χ0) is 11.8. The molecule has 1 aliphatic heterocycles. The van der Waals surface area contributed by atoms with Crippen LogP contribution in [-0.4, -0.2) is 32.3 Å². The third kappa shape index (κ3) is 1.62. The van der Waals surface area contributed by atoms with Gasteiger partial charge in [0.25, 0.3) is 5.91 Å². The summed E-state index contributed by atoms with van der Waals surface area (Å²) in [6, 6.07) is 1.30. The predicted molar refractivity (Wildman–Crippen MR) is 55.2 cm³/mol. The standard InChI is InChI=1S/C10H12N4O2/c1-10(2)8(15)13-9(16)14(10)6-7-11-4-3-5-12-7/h3-5H,6H2,1-2H3,(H,13,15,16). The summed E-state index contributed by atoms with van der Waals surface area (Å²) in [5.41, 5.74) is -0.851. The minimum Gasteiger partial charge on any atom is -0.303 e. The van der Waals surface area contributed by atoms with Crippen molar-refractivity contribution in [3.05, 3.63) is 24.3 Å². The number of hydrogen-bond donors (Lipinski definition) is 1. The molecule has 1 aliphatic rings. The van der Waals surface area contributed by atoms with Crippen molar-refractivity contribution in [2.75, 3.05) is 0 Å². The van der Waals surface area contributed by atoms with Gasteiger partial charge in [-0.1, -0.05) is 0 Å². The molecular weight excluding hydrogens is 208 g/mol. The molecule has 2 rings (SSSR count). The number of carbonyl (C=O) groups excluding carboxylic acids is 2. The molecule has 0 aliphatic carbocycles. The summed E-state index contributed by atoms with van der Waals surface area (Å²) < 4.78 is 0. The molecule has 1 aromatic rings. The van der Waals surface area contributed by atoms with Crippen LogP contribution in [0.4, 0.5) is 4.79 Å². The van der Waals surface area contributed by atoms with Crippen LogP contribution in [-0.2, 0) is 11.3 Å². The van der Waals surface area contributed by atoms with Crippen molar-refractivity contribution in [2.24, 2.45) is 0 Å². The lowest BCUT2D eigenvalue weighted by Gasteiger charge is -2.26. The van der Waals surface area contributed by atoms with Crippen LogP contribution in [0.2, 0.25) is 0 Å². The molecule has 1 aromatic heterocycles. The van der Waals surface area contributed by atoms with Crippen LogP contribution in [0.5, 0.6) is 0 Å². The average molecular weight is 220 g/mol. The van der Waals surface area contributed by atoms with Crippen molar-refractivity contribution in [3.8, 4) is 0 Å². The number of hydrogen-bond acceptors (Lipinski definition) is 4. The number of carbonyl (C=O) groups is 2. The number of nitrogens with zero attached hydrogens (tertiary/aromatic N) is 3. The molecule has 1 N–H and O–H groups in total. The Kier molecular flexibility index (Phi) is 2.34. The summed E-state index contributed by atoms with van der Waals surface area (Å²) in [4.78, 5) is 32.5. The molecule has 6 heteroatoms. The molecule has 0 spiro atoms. The lowest BCUT2D eigenvalue weighted by Crippen LogP contribution is -2.43. The van der Waals surface area contributed by atoms with E-state index in [1.807, 2.05) is 0 Å². The van der Waals surface area contributed by atoms with E-state index >= 15 is 0 Å². The second-order valence-corrected chi connectivity index (χ2v) is 4.07. The van der Waals surface area contributed by atoms with Crippen molar-refractivity contribution >= 4 is 11.9 Å². The molecule has 0 bridgehead atoms. The van der Waals surface area contributed by atoms with Gasteiger partial charge < -0.3 is 4.90 Å². The van der Waals surface area contributed by atoms with Crippen LogP contribution < -0.4 is 5.32 Å². The van der Waals surface area contributed by atoms with Crippen molar-refractivity contribution in [3.63, 3.8) is 0 Å². The number of rotatable bonds is 2. The summed E-state index contributed by atoms with van der Waals surface area (Å²) in [6.45, 7) is 3.61. The Hall–Kier alpha value is -1.98. The maximum atomic E-state index is 11.5. The van der Waals surface area contributed by atoms with E-state index < -0.39 is 11.6 Å². The molecule has 2 heterocycles. The van der Waals surface area contributed by atoms with Gasteiger partial charge in [-0.05, 0) is 19.9 Å². The van der Waals surface area contributed by atoms with Crippen LogP contribution in [0.3, 0.4) is 0 Å². The molecule has 0 radical (unpaired) electrons. The Bertz CT molecular complexity index is 430. The molecule has 1 fully saturated rings. The fraction of sp³-hybridized carbons (Fsp3) is 0.400. The summed E-state index contributed by atoms with van der Waals surface area (Å²) in [7, 11) is 0. The van der Waals surface area contributed by atoms with E-state index in [1.54, 1.807) is 32.3 Å². The first-order valence-electron chi connectivity index (χ1n) is 4.91. The Balaban J connectivity index is 2.22. The van der Waals surface area contributed by atoms with Crippen molar-refractivity contribution in [2.45, 2.75) is 25.9 Å². The lowest BCUT2D eigenvalue weighted by molar-refractivity contribution is -0.125. The Morgan fingerprint density at radius 3 is 2.44 bits per heavy atom. The number of imide groups is 1. The fourth-order valence-electron chi connectivity index (χ4n) is 1.52. The molecule has 84 valence electrons. The second kappa shape index (κ2) is 3.55. The number of aromatic nitrogens is 2. The second-order valence-electron chi connectivity index (χ2n) is 4.07. The predicted octanol–water partition coefficient (Wildman–Crippen LogP) is 0.307. The first kappa shape index (κ1) is 10.5. The Morgan fingerprint density at radius 2 is 1.94 bits per heavy atom. The van der Waals surface area contributed by atoms with Crippen molar-refractivity contribution in [1.82, 2.24) is 20.2 Å². The van der Waals surface area contributed by atoms with Gasteiger partial charge in [0.05, 0.1) is 6.54 Å². The highest BCUT2D eigenvalue weighted by Crippen LogP contribution is 2.22. The summed E-state index contributed by atoms with van der Waals surface area (Å²) >= 11 is 0. The molecule has 3 amide bonds. The van der Waals surface area contributed by atoms with Gasteiger partial charge in [-0.3, -0.25) is 10.1 Å². The maximum absolute atomic E-state index is 11.5. The van der Waals surface area contributed by atoms with Crippen molar-refractivity contribution < 1.29 is 9.59 Å². The smallest absolute Gasteiger partial charge is 0.303 e. The molecule has 1 saturated heterocycles. The van der Waals surface area contributed by atoms with Crippen LogP contribution in [0, 0.1) is 0 Å². The van der Waals surface area contributed by atoms with Crippen LogP contribution in [0.25, 0.3) is 0 Å². The van der Waals surface area contributed by atoms with Crippen LogP contribution in [0.15, 0.2) is 18.5 Å². The van der Waals surface area contributed by atoms with E-state index in [1.165, 1.54) is 4.90 Å². The van der Waals surface area contributed by atoms with Gasteiger partial charge in [0.1, 0.15) is 11.4 Å². The molecule has 0 atom stereocenters. The highest BCUT2D eigenvalue weighted by atomic mass is 16.2. The number of amides is 3. The SMILES string of the molecule is CC1(C)C(=O)NC(=O)N1Cc1ncccn1. The average Bonchev–Trinajstić information content (AvgIpc) is 2.43. The van der Waals surface area contributed by atoms with E-state index in [9.17, 15) is 9.59 Å². The van der Waals surface area contributed by atoms with E-state index in [0.717, 1.165) is 0 Å². The lowest BCUT2D eigenvalue weighted by atomic mass is 10.0. The third-order valence-corrected chi connectivity index (χ3v) is 2.61. The zero-order valence-corrected chi connectivity index (χ0v) is 9.10. The van der Waals surface area contributed by atoms with E-state index in [0.29, 0.717) is 5.82 Å². The quantitative estimate of drug-likeness (QED) is 0.728. The Labute approximate surface area is 92.7 Å². The van der Waals surface area contributed by atoms with Gasteiger partial charge in [-0.15, -0.1) is 0 Å². The zero-order valence-electron chi connectivity index (χ0n) is 9.10. The minimum atomic E-state index is -0.851. The van der Waals surface area contributed by atoms with E-state index in [2.05, 4.69) is 15.3 Å². The van der Waals surface area contributed by atoms with Gasteiger partial charge in [-0.2, -0.15) is 0 Å². The van der Waals surface area contributed by atoms with Gasteiger partial charge in [-0.25, -0.2) is 14.8 Å². The van der Waals surface area contributed by atoms with E-state index in [-0.39, 0.29) is 12.5 Å². The summed E-state index contributed by atoms with van der Waals surface area (Å²) in [5.74, 6) is 0.217. The molecule has 0 aromatic carbocycles. The molecule has 0 unspecified atom stereocenters. The monoisotopic (exact) mass is 220 g/mol. The van der Waals surface area contributed by atoms with Crippen molar-refractivity contribution in [1.29, 1.82) is 0 Å². The minimum absolute atomic E-state index is 0.228. The van der Waals surface area contributed by atoms with E-state index in [4.69, 9.17) is 0 Å². The van der Waals surface area contributed by atoms with Gasteiger partial charge >= 0.3 is 6.03 Å². The Morgan fingerprint density at radius 1 is 1.31 bits per heavy atom. The summed E-state index contributed by atoms with van der Waals surface area (Å²) in [6.07, 6.45) is 3.20. The first-order chi connectivity index (χ1) is 7.51. The third-order valence-electron chi connectivity index (χ3n) is 2.61. The van der Waals surface area contributed by atoms with Crippen LogP contribution >= 0.6 is 0 Å².